The number of H-pyrrole nitrogens is 1. The molecule has 1 aromatic heterocycles. The van der Waals surface area contributed by atoms with E-state index in [1.807, 2.05) is 24.4 Å². The van der Waals surface area contributed by atoms with Gasteiger partial charge in [0.2, 0.25) is 0 Å². The van der Waals surface area contributed by atoms with Crippen molar-refractivity contribution in [2.24, 2.45) is 0 Å². The molecule has 0 unspecified atom stereocenters. The van der Waals surface area contributed by atoms with Crippen LogP contribution in [-0.2, 0) is 0 Å². The molecule has 3 heteroatoms. The van der Waals surface area contributed by atoms with Gasteiger partial charge in [0.1, 0.15) is 12.4 Å². The maximum atomic E-state index is 5.67. The first-order valence-corrected chi connectivity index (χ1v) is 5.31. The lowest BCUT2D eigenvalue weighted by Crippen LogP contribution is -2.20. The lowest BCUT2D eigenvalue weighted by molar-refractivity contribution is 0.319. The van der Waals surface area contributed by atoms with Gasteiger partial charge in [-0.15, -0.1) is 0 Å². The molecule has 2 N–H and O–H groups in total. The molecule has 0 aliphatic heterocycles. The summed E-state index contributed by atoms with van der Waals surface area (Å²) in [7, 11) is 0. The molecule has 0 atom stereocenters. The Balaban J connectivity index is 2.02. The lowest BCUT2D eigenvalue weighted by atomic mass is 10.2. The van der Waals surface area contributed by atoms with E-state index in [-0.39, 0.29) is 0 Å². The Morgan fingerprint density at radius 2 is 2.20 bits per heavy atom. The van der Waals surface area contributed by atoms with Crippen LogP contribution in [0.5, 0.6) is 5.75 Å². The number of hydrogen-bond acceptors (Lipinski definition) is 2. The summed E-state index contributed by atoms with van der Waals surface area (Å²) in [5.41, 5.74) is 1.12. The smallest absolute Gasteiger partial charge is 0.144 e. The largest absolute Gasteiger partial charge is 0.490 e. The zero-order valence-corrected chi connectivity index (χ0v) is 8.92. The number of fused-ring (bicyclic) bond motifs is 1. The molecule has 1 heterocycles. The Kier molecular flexibility index (Phi) is 3.25. The first-order valence-electron chi connectivity index (χ1n) is 5.31. The van der Waals surface area contributed by atoms with Gasteiger partial charge in [0, 0.05) is 23.6 Å². The molecule has 1 aromatic carbocycles. The molecule has 3 nitrogen and oxygen atoms in total. The number of aromatic amines is 1. The first kappa shape index (κ1) is 10.1. The molecular formula is C12H16N2O. The van der Waals surface area contributed by atoms with Crippen LogP contribution in [0.15, 0.2) is 30.5 Å². The fraction of sp³-hybridized carbons (Fsp3) is 0.333. The van der Waals surface area contributed by atoms with E-state index in [0.717, 1.165) is 29.7 Å². The van der Waals surface area contributed by atoms with Crippen LogP contribution in [0.2, 0.25) is 0 Å². The number of likely N-dealkylation sites (N-methyl/N-ethyl adjacent to an activating group) is 1. The fourth-order valence-electron chi connectivity index (χ4n) is 1.57. The van der Waals surface area contributed by atoms with E-state index in [1.165, 1.54) is 0 Å². The second-order valence-corrected chi connectivity index (χ2v) is 3.40. The number of ether oxygens (including phenoxy) is 1. The van der Waals surface area contributed by atoms with Crippen molar-refractivity contribution < 1.29 is 4.74 Å². The molecule has 0 aliphatic rings. The molecule has 0 amide bonds. The zero-order valence-electron chi connectivity index (χ0n) is 8.92. The third kappa shape index (κ3) is 2.30. The second kappa shape index (κ2) is 4.84. The molecule has 2 aromatic rings. The predicted molar refractivity (Wildman–Crippen MR) is 62.3 cm³/mol. The SMILES string of the molecule is CCNCCOc1c[nH]c2ccccc12. The van der Waals surface area contributed by atoms with Gasteiger partial charge in [-0.3, -0.25) is 0 Å². The van der Waals surface area contributed by atoms with E-state index >= 15 is 0 Å². The van der Waals surface area contributed by atoms with Crippen LogP contribution < -0.4 is 10.1 Å². The van der Waals surface area contributed by atoms with Crippen LogP contribution in [0.1, 0.15) is 6.92 Å². The third-order valence-corrected chi connectivity index (χ3v) is 2.34. The Labute approximate surface area is 89.4 Å². The van der Waals surface area contributed by atoms with Crippen molar-refractivity contribution in [2.75, 3.05) is 19.7 Å². The summed E-state index contributed by atoms with van der Waals surface area (Å²) in [5, 5.41) is 4.37. The quantitative estimate of drug-likeness (QED) is 0.732. The van der Waals surface area contributed by atoms with Crippen molar-refractivity contribution in [1.29, 1.82) is 0 Å². The Hall–Kier alpha value is -1.48. The minimum atomic E-state index is 0.704. The fourth-order valence-corrected chi connectivity index (χ4v) is 1.57. The Morgan fingerprint density at radius 3 is 3.07 bits per heavy atom. The molecule has 80 valence electrons. The van der Waals surface area contributed by atoms with Crippen LogP contribution in [0.3, 0.4) is 0 Å². The van der Waals surface area contributed by atoms with Crippen molar-refractivity contribution in [3.63, 3.8) is 0 Å². The van der Waals surface area contributed by atoms with Gasteiger partial charge in [0.25, 0.3) is 0 Å². The summed E-state index contributed by atoms with van der Waals surface area (Å²) < 4.78 is 5.67. The highest BCUT2D eigenvalue weighted by atomic mass is 16.5. The number of rotatable bonds is 5. The Bertz CT molecular complexity index is 422. The van der Waals surface area contributed by atoms with Crippen LogP contribution in [-0.4, -0.2) is 24.7 Å². The van der Waals surface area contributed by atoms with Gasteiger partial charge in [-0.2, -0.15) is 0 Å². The molecule has 15 heavy (non-hydrogen) atoms. The monoisotopic (exact) mass is 204 g/mol. The minimum absolute atomic E-state index is 0.704. The highest BCUT2D eigenvalue weighted by Crippen LogP contribution is 2.24. The van der Waals surface area contributed by atoms with Crippen molar-refractivity contribution in [1.82, 2.24) is 10.3 Å². The molecule has 0 saturated heterocycles. The predicted octanol–water partition coefficient (Wildman–Crippen LogP) is 2.16. The van der Waals surface area contributed by atoms with Crippen LogP contribution in [0.25, 0.3) is 10.9 Å². The minimum Gasteiger partial charge on any atom is -0.490 e. The summed E-state index contributed by atoms with van der Waals surface area (Å²) in [6.45, 7) is 4.66. The maximum absolute atomic E-state index is 5.67. The van der Waals surface area contributed by atoms with Crippen LogP contribution >= 0.6 is 0 Å². The van der Waals surface area contributed by atoms with Crippen LogP contribution in [0, 0.1) is 0 Å². The van der Waals surface area contributed by atoms with Crippen molar-refractivity contribution in [2.45, 2.75) is 6.92 Å². The van der Waals surface area contributed by atoms with Crippen molar-refractivity contribution in [3.8, 4) is 5.75 Å². The van der Waals surface area contributed by atoms with E-state index in [4.69, 9.17) is 4.74 Å². The van der Waals surface area contributed by atoms with E-state index in [9.17, 15) is 0 Å². The summed E-state index contributed by atoms with van der Waals surface area (Å²) >= 11 is 0. The van der Waals surface area contributed by atoms with E-state index in [2.05, 4.69) is 23.3 Å². The molecule has 0 spiro atoms. The Morgan fingerprint density at radius 1 is 1.33 bits per heavy atom. The summed E-state index contributed by atoms with van der Waals surface area (Å²) in [6.07, 6.45) is 1.91. The van der Waals surface area contributed by atoms with Gasteiger partial charge in [0.15, 0.2) is 0 Å². The molecule has 2 rings (SSSR count). The normalized spacial score (nSPS) is 10.7. The average molecular weight is 204 g/mol. The maximum Gasteiger partial charge on any atom is 0.144 e. The van der Waals surface area contributed by atoms with Gasteiger partial charge in [-0.25, -0.2) is 0 Å². The lowest BCUT2D eigenvalue weighted by Gasteiger charge is -2.04. The molecular weight excluding hydrogens is 188 g/mol. The average Bonchev–Trinajstić information content (AvgIpc) is 2.68. The number of para-hydroxylation sites is 1. The highest BCUT2D eigenvalue weighted by molar-refractivity contribution is 5.85. The number of nitrogens with one attached hydrogen (secondary N) is 2. The van der Waals surface area contributed by atoms with Gasteiger partial charge in [0.05, 0.1) is 0 Å². The molecule has 0 saturated carbocycles. The second-order valence-electron chi connectivity index (χ2n) is 3.40. The summed E-state index contributed by atoms with van der Waals surface area (Å²) in [6, 6.07) is 8.15. The summed E-state index contributed by atoms with van der Waals surface area (Å²) in [5.74, 6) is 0.934. The molecule has 0 radical (unpaired) electrons. The van der Waals surface area contributed by atoms with Crippen molar-refractivity contribution in [3.05, 3.63) is 30.5 Å². The number of aromatic nitrogens is 1. The van der Waals surface area contributed by atoms with Crippen molar-refractivity contribution >= 4 is 10.9 Å². The van der Waals surface area contributed by atoms with Gasteiger partial charge in [-0.1, -0.05) is 19.1 Å². The topological polar surface area (TPSA) is 37.0 Å². The van der Waals surface area contributed by atoms with Gasteiger partial charge < -0.3 is 15.0 Å². The number of hydrogen-bond donors (Lipinski definition) is 2. The van der Waals surface area contributed by atoms with E-state index < -0.39 is 0 Å². The summed E-state index contributed by atoms with van der Waals surface area (Å²) in [4.78, 5) is 3.18. The van der Waals surface area contributed by atoms with E-state index in [1.54, 1.807) is 0 Å². The molecule has 0 aliphatic carbocycles. The number of benzene rings is 1. The molecule has 0 bridgehead atoms. The first-order chi connectivity index (χ1) is 7.42. The van der Waals surface area contributed by atoms with Gasteiger partial charge >= 0.3 is 0 Å². The zero-order chi connectivity index (χ0) is 10.5. The third-order valence-electron chi connectivity index (χ3n) is 2.34. The molecule has 0 fully saturated rings. The van der Waals surface area contributed by atoms with E-state index in [0.29, 0.717) is 6.61 Å². The highest BCUT2D eigenvalue weighted by Gasteiger charge is 2.02. The van der Waals surface area contributed by atoms with Crippen LogP contribution in [0.4, 0.5) is 0 Å². The standard InChI is InChI=1S/C12H16N2O/c1-2-13-7-8-15-12-9-14-11-6-4-3-5-10(11)12/h3-6,9,13-14H,2,7-8H2,1H3. The van der Waals surface area contributed by atoms with Gasteiger partial charge in [-0.05, 0) is 18.7 Å².